The van der Waals surface area contributed by atoms with Gasteiger partial charge in [-0.1, -0.05) is 43.2 Å². The molecule has 32 heavy (non-hydrogen) atoms. The fraction of sp³-hybridized carbons (Fsp3) is 0.440. The third kappa shape index (κ3) is 3.66. The van der Waals surface area contributed by atoms with Crippen LogP contribution in [0.25, 0.3) is 0 Å². The van der Waals surface area contributed by atoms with Gasteiger partial charge in [-0.2, -0.15) is 5.10 Å². The summed E-state index contributed by atoms with van der Waals surface area (Å²) in [6.45, 7) is 4.54. The predicted octanol–water partition coefficient (Wildman–Crippen LogP) is 3.67. The molecule has 0 radical (unpaired) electrons. The number of hydrogen-bond donors (Lipinski definition) is 0. The minimum atomic E-state index is -0.393. The molecule has 0 unspecified atom stereocenters. The Kier molecular flexibility index (Phi) is 5.64. The molecule has 3 aromatic rings. The molecule has 1 amide bonds. The van der Waals surface area contributed by atoms with Crippen LogP contribution in [0.1, 0.15) is 55.1 Å². The van der Waals surface area contributed by atoms with Gasteiger partial charge in [0.2, 0.25) is 11.8 Å². The van der Waals surface area contributed by atoms with E-state index in [1.54, 1.807) is 18.6 Å². The number of aromatic nitrogens is 4. The van der Waals surface area contributed by atoms with Crippen LogP contribution in [0.2, 0.25) is 0 Å². The molecule has 0 N–H and O–H groups in total. The SMILES string of the molecule is CCn1nc(COc2cnccn2)c2c1CCN(C(=O)C1(c3ccccc3)CCCC1)C2. The van der Waals surface area contributed by atoms with Gasteiger partial charge in [0.05, 0.1) is 11.6 Å². The highest BCUT2D eigenvalue weighted by molar-refractivity contribution is 5.89. The van der Waals surface area contributed by atoms with E-state index in [1.165, 1.54) is 5.69 Å². The molecule has 2 aromatic heterocycles. The first-order valence-corrected chi connectivity index (χ1v) is 11.5. The van der Waals surface area contributed by atoms with Crippen molar-refractivity contribution in [3.8, 4) is 5.88 Å². The minimum Gasteiger partial charge on any atom is -0.470 e. The van der Waals surface area contributed by atoms with Crippen LogP contribution < -0.4 is 4.74 Å². The molecule has 3 heterocycles. The monoisotopic (exact) mass is 431 g/mol. The molecule has 0 spiro atoms. The van der Waals surface area contributed by atoms with Crippen molar-refractivity contribution in [1.82, 2.24) is 24.6 Å². The zero-order valence-corrected chi connectivity index (χ0v) is 18.5. The summed E-state index contributed by atoms with van der Waals surface area (Å²) in [5.74, 6) is 0.738. The highest BCUT2D eigenvalue weighted by atomic mass is 16.5. The fourth-order valence-corrected chi connectivity index (χ4v) is 5.28. The Morgan fingerprint density at radius 2 is 1.97 bits per heavy atom. The van der Waals surface area contributed by atoms with Crippen molar-refractivity contribution < 1.29 is 9.53 Å². The molecule has 7 nitrogen and oxygen atoms in total. The van der Waals surface area contributed by atoms with E-state index >= 15 is 0 Å². The van der Waals surface area contributed by atoms with E-state index in [-0.39, 0.29) is 5.91 Å². The Balaban J connectivity index is 1.41. The third-order valence-corrected chi connectivity index (χ3v) is 6.89. The molecule has 1 aliphatic heterocycles. The van der Waals surface area contributed by atoms with Gasteiger partial charge in [-0.3, -0.25) is 14.5 Å². The van der Waals surface area contributed by atoms with Crippen molar-refractivity contribution in [2.24, 2.45) is 0 Å². The maximum Gasteiger partial charge on any atom is 0.233 e. The van der Waals surface area contributed by atoms with E-state index < -0.39 is 5.41 Å². The Labute approximate surface area is 188 Å². The number of amides is 1. The second kappa shape index (κ2) is 8.73. The van der Waals surface area contributed by atoms with Crippen LogP contribution in [0, 0.1) is 0 Å². The summed E-state index contributed by atoms with van der Waals surface area (Å²) in [6, 6.07) is 10.3. The van der Waals surface area contributed by atoms with E-state index in [0.29, 0.717) is 19.0 Å². The van der Waals surface area contributed by atoms with Gasteiger partial charge >= 0.3 is 0 Å². The fourth-order valence-electron chi connectivity index (χ4n) is 5.28. The van der Waals surface area contributed by atoms with Crippen molar-refractivity contribution in [3.05, 3.63) is 71.4 Å². The smallest absolute Gasteiger partial charge is 0.233 e. The third-order valence-electron chi connectivity index (χ3n) is 6.89. The molecular formula is C25H29N5O2. The van der Waals surface area contributed by atoms with Crippen molar-refractivity contribution in [1.29, 1.82) is 0 Å². The summed E-state index contributed by atoms with van der Waals surface area (Å²) < 4.78 is 7.90. The molecule has 1 saturated carbocycles. The quantitative estimate of drug-likeness (QED) is 0.595. The maximum absolute atomic E-state index is 13.9. The van der Waals surface area contributed by atoms with Crippen LogP contribution in [-0.2, 0) is 36.3 Å². The Hall–Kier alpha value is -3.22. The van der Waals surface area contributed by atoms with Gasteiger partial charge in [-0.25, -0.2) is 4.98 Å². The van der Waals surface area contributed by atoms with Crippen molar-refractivity contribution >= 4 is 5.91 Å². The minimum absolute atomic E-state index is 0.261. The number of nitrogens with zero attached hydrogens (tertiary/aromatic N) is 5. The molecule has 1 aliphatic carbocycles. The van der Waals surface area contributed by atoms with Gasteiger partial charge in [0.25, 0.3) is 0 Å². The molecule has 166 valence electrons. The molecular weight excluding hydrogens is 402 g/mol. The number of carbonyl (C=O) groups excluding carboxylic acids is 1. The lowest BCUT2D eigenvalue weighted by Crippen LogP contribution is -2.47. The molecule has 1 aromatic carbocycles. The van der Waals surface area contributed by atoms with Crippen molar-refractivity contribution in [2.75, 3.05) is 6.54 Å². The average Bonchev–Trinajstić information content (AvgIpc) is 3.49. The van der Waals surface area contributed by atoms with Crippen LogP contribution in [0.4, 0.5) is 0 Å². The zero-order valence-electron chi connectivity index (χ0n) is 18.5. The van der Waals surface area contributed by atoms with Gasteiger partial charge in [-0.05, 0) is 25.3 Å². The van der Waals surface area contributed by atoms with E-state index in [1.807, 2.05) is 23.1 Å². The van der Waals surface area contributed by atoms with E-state index in [9.17, 15) is 4.79 Å². The van der Waals surface area contributed by atoms with Gasteiger partial charge in [0.1, 0.15) is 12.3 Å². The first-order valence-electron chi connectivity index (χ1n) is 11.5. The first kappa shape index (κ1) is 20.7. The van der Waals surface area contributed by atoms with Crippen LogP contribution in [0.3, 0.4) is 0 Å². The molecule has 5 rings (SSSR count). The number of ether oxygens (including phenoxy) is 1. The van der Waals surface area contributed by atoms with Crippen LogP contribution in [0.15, 0.2) is 48.9 Å². The lowest BCUT2D eigenvalue weighted by Gasteiger charge is -2.37. The van der Waals surface area contributed by atoms with E-state index in [4.69, 9.17) is 9.84 Å². The largest absolute Gasteiger partial charge is 0.470 e. The summed E-state index contributed by atoms with van der Waals surface area (Å²) in [5, 5.41) is 4.80. The predicted molar refractivity (Wildman–Crippen MR) is 120 cm³/mol. The number of rotatable bonds is 6. The topological polar surface area (TPSA) is 73.1 Å². The van der Waals surface area contributed by atoms with Crippen molar-refractivity contribution in [3.63, 3.8) is 0 Å². The average molecular weight is 432 g/mol. The lowest BCUT2D eigenvalue weighted by atomic mass is 9.77. The van der Waals surface area contributed by atoms with Crippen LogP contribution in [0.5, 0.6) is 5.88 Å². The molecule has 0 saturated heterocycles. The highest BCUT2D eigenvalue weighted by Gasteiger charge is 2.45. The Bertz CT molecular complexity index is 1070. The second-order valence-electron chi connectivity index (χ2n) is 8.65. The summed E-state index contributed by atoms with van der Waals surface area (Å²) in [7, 11) is 0. The maximum atomic E-state index is 13.9. The number of aryl methyl sites for hydroxylation is 1. The summed E-state index contributed by atoms with van der Waals surface area (Å²) in [5.41, 5.74) is 3.98. The van der Waals surface area contributed by atoms with Gasteiger partial charge in [0.15, 0.2) is 0 Å². The lowest BCUT2D eigenvalue weighted by molar-refractivity contribution is -0.138. The number of fused-ring (bicyclic) bond motifs is 1. The Morgan fingerprint density at radius 3 is 2.69 bits per heavy atom. The number of benzene rings is 1. The number of carbonyl (C=O) groups is 1. The van der Waals surface area contributed by atoms with Gasteiger partial charge < -0.3 is 9.64 Å². The normalized spacial score (nSPS) is 17.2. The van der Waals surface area contributed by atoms with E-state index in [2.05, 4.69) is 33.7 Å². The van der Waals surface area contributed by atoms with Crippen LogP contribution in [-0.4, -0.2) is 37.1 Å². The van der Waals surface area contributed by atoms with Crippen molar-refractivity contribution in [2.45, 2.75) is 64.1 Å². The van der Waals surface area contributed by atoms with Gasteiger partial charge in [0, 0.05) is 49.7 Å². The second-order valence-corrected chi connectivity index (χ2v) is 8.65. The molecule has 1 fully saturated rings. The highest BCUT2D eigenvalue weighted by Crippen LogP contribution is 2.43. The zero-order chi connectivity index (χ0) is 22.0. The summed E-state index contributed by atoms with van der Waals surface area (Å²) >= 11 is 0. The number of hydrogen-bond acceptors (Lipinski definition) is 5. The van der Waals surface area contributed by atoms with Crippen LogP contribution >= 0.6 is 0 Å². The molecule has 0 atom stereocenters. The Morgan fingerprint density at radius 1 is 1.16 bits per heavy atom. The molecule has 0 bridgehead atoms. The standard InChI is InChI=1S/C25H29N5O2/c1-2-30-22-10-15-29(17-20(22)21(28-30)18-32-23-16-26-13-14-27-23)24(31)25(11-6-7-12-25)19-8-4-3-5-9-19/h3-5,8-9,13-14,16H,2,6-7,10-12,15,17-18H2,1H3. The molecule has 2 aliphatic rings. The summed E-state index contributed by atoms with van der Waals surface area (Å²) in [4.78, 5) is 24.2. The van der Waals surface area contributed by atoms with E-state index in [0.717, 1.165) is 62.0 Å². The van der Waals surface area contributed by atoms with Gasteiger partial charge in [-0.15, -0.1) is 0 Å². The first-order chi connectivity index (χ1) is 15.7. The molecule has 7 heteroatoms. The summed E-state index contributed by atoms with van der Waals surface area (Å²) in [6.07, 6.45) is 9.71.